The molecule has 5 heteroatoms. The highest BCUT2D eigenvalue weighted by Gasteiger charge is 2.13. The van der Waals surface area contributed by atoms with Gasteiger partial charge in [0.15, 0.2) is 23.0 Å². The van der Waals surface area contributed by atoms with Crippen molar-refractivity contribution >= 4 is 21.8 Å². The van der Waals surface area contributed by atoms with Crippen molar-refractivity contribution in [2.24, 2.45) is 0 Å². The molecule has 3 aromatic rings. The highest BCUT2D eigenvalue weighted by molar-refractivity contribution is 6.10. The maximum Gasteiger partial charge on any atom is 0.182 e. The predicted molar refractivity (Wildman–Crippen MR) is 62.5 cm³/mol. The maximum absolute atomic E-state index is 9.69. The largest absolute Gasteiger partial charge is 0.504 e. The van der Waals surface area contributed by atoms with E-state index in [1.54, 1.807) is 6.07 Å². The average molecular weight is 231 g/mol. The normalized spacial score (nSPS) is 11.3. The molecule has 0 saturated heterocycles. The quantitative estimate of drug-likeness (QED) is 0.383. The summed E-state index contributed by atoms with van der Waals surface area (Å²) in [7, 11) is 0. The van der Waals surface area contributed by atoms with Crippen molar-refractivity contribution in [1.82, 2.24) is 4.98 Å². The van der Waals surface area contributed by atoms with Crippen molar-refractivity contribution < 1.29 is 20.4 Å². The fourth-order valence-corrected chi connectivity index (χ4v) is 1.97. The van der Waals surface area contributed by atoms with Crippen LogP contribution in [0.4, 0.5) is 0 Å². The number of aromatic amines is 1. The summed E-state index contributed by atoms with van der Waals surface area (Å²) in [5.41, 5.74) is 0.932. The molecule has 0 amide bonds. The van der Waals surface area contributed by atoms with Gasteiger partial charge in [0.05, 0.1) is 11.0 Å². The van der Waals surface area contributed by atoms with E-state index in [-0.39, 0.29) is 23.0 Å². The summed E-state index contributed by atoms with van der Waals surface area (Å²) in [6, 6.07) is 5.76. The molecular formula is C12H9NO4. The number of aromatic nitrogens is 1. The van der Waals surface area contributed by atoms with Crippen LogP contribution in [0.3, 0.4) is 0 Å². The van der Waals surface area contributed by atoms with E-state index in [0.29, 0.717) is 21.8 Å². The highest BCUT2D eigenvalue weighted by Crippen LogP contribution is 2.39. The zero-order valence-corrected chi connectivity index (χ0v) is 8.60. The van der Waals surface area contributed by atoms with Crippen molar-refractivity contribution in [1.29, 1.82) is 0 Å². The molecule has 0 aliphatic carbocycles. The first-order chi connectivity index (χ1) is 8.08. The number of benzene rings is 2. The van der Waals surface area contributed by atoms with Gasteiger partial charge in [0.1, 0.15) is 0 Å². The Balaban J connectivity index is 2.54. The van der Waals surface area contributed by atoms with E-state index in [2.05, 4.69) is 4.98 Å². The van der Waals surface area contributed by atoms with Gasteiger partial charge in [0.25, 0.3) is 0 Å². The summed E-state index contributed by atoms with van der Waals surface area (Å²) in [6.07, 6.45) is 0. The van der Waals surface area contributed by atoms with Gasteiger partial charge in [-0.1, -0.05) is 0 Å². The Morgan fingerprint density at radius 3 is 2.24 bits per heavy atom. The van der Waals surface area contributed by atoms with Gasteiger partial charge in [-0.15, -0.1) is 0 Å². The van der Waals surface area contributed by atoms with Crippen LogP contribution in [0.15, 0.2) is 24.3 Å². The van der Waals surface area contributed by atoms with Crippen LogP contribution in [0.5, 0.6) is 23.0 Å². The van der Waals surface area contributed by atoms with Gasteiger partial charge in [-0.05, 0) is 18.2 Å². The Labute approximate surface area is 95.2 Å². The topological polar surface area (TPSA) is 96.7 Å². The van der Waals surface area contributed by atoms with E-state index >= 15 is 0 Å². The minimum atomic E-state index is -0.252. The lowest BCUT2D eigenvalue weighted by Crippen LogP contribution is -1.71. The number of phenols is 4. The van der Waals surface area contributed by atoms with Crippen molar-refractivity contribution in [3.05, 3.63) is 24.3 Å². The van der Waals surface area contributed by atoms with Crippen LogP contribution in [0.1, 0.15) is 0 Å². The number of fused-ring (bicyclic) bond motifs is 3. The first-order valence-corrected chi connectivity index (χ1v) is 4.96. The number of H-pyrrole nitrogens is 1. The lowest BCUT2D eigenvalue weighted by Gasteiger charge is -1.98. The van der Waals surface area contributed by atoms with Gasteiger partial charge in [-0.3, -0.25) is 0 Å². The van der Waals surface area contributed by atoms with Crippen molar-refractivity contribution in [2.45, 2.75) is 0 Å². The second-order valence-corrected chi connectivity index (χ2v) is 3.87. The van der Waals surface area contributed by atoms with Crippen LogP contribution in [0.2, 0.25) is 0 Å². The zero-order valence-electron chi connectivity index (χ0n) is 8.60. The second-order valence-electron chi connectivity index (χ2n) is 3.87. The Morgan fingerprint density at radius 1 is 0.765 bits per heavy atom. The third-order valence-electron chi connectivity index (χ3n) is 2.82. The number of aromatic hydroxyl groups is 4. The average Bonchev–Trinajstić information content (AvgIpc) is 2.63. The van der Waals surface area contributed by atoms with Crippen LogP contribution in [0.25, 0.3) is 21.8 Å². The summed E-state index contributed by atoms with van der Waals surface area (Å²) < 4.78 is 0. The van der Waals surface area contributed by atoms with Crippen LogP contribution in [-0.4, -0.2) is 25.4 Å². The molecule has 0 aliphatic rings. The van der Waals surface area contributed by atoms with Gasteiger partial charge >= 0.3 is 0 Å². The Hall–Kier alpha value is -2.56. The molecule has 1 heterocycles. The molecule has 2 aromatic carbocycles. The molecule has 3 rings (SSSR count). The first kappa shape index (κ1) is 9.65. The number of nitrogens with one attached hydrogen (secondary N) is 1. The van der Waals surface area contributed by atoms with Crippen molar-refractivity contribution in [3.8, 4) is 23.0 Å². The zero-order chi connectivity index (χ0) is 12.2. The van der Waals surface area contributed by atoms with Gasteiger partial charge in [0.2, 0.25) is 0 Å². The summed E-state index contributed by atoms with van der Waals surface area (Å²) in [6.45, 7) is 0. The summed E-state index contributed by atoms with van der Waals surface area (Å²) >= 11 is 0. The third-order valence-corrected chi connectivity index (χ3v) is 2.82. The Morgan fingerprint density at radius 2 is 1.47 bits per heavy atom. The predicted octanol–water partition coefficient (Wildman–Crippen LogP) is 2.14. The van der Waals surface area contributed by atoms with E-state index in [1.807, 2.05) is 0 Å². The Bertz CT molecular complexity index is 745. The summed E-state index contributed by atoms with van der Waals surface area (Å²) in [4.78, 5) is 2.87. The first-order valence-electron chi connectivity index (χ1n) is 4.96. The molecule has 5 N–H and O–H groups in total. The molecule has 0 saturated carbocycles. The van der Waals surface area contributed by atoms with Crippen molar-refractivity contribution in [2.75, 3.05) is 0 Å². The molecular weight excluding hydrogens is 222 g/mol. The van der Waals surface area contributed by atoms with E-state index in [4.69, 9.17) is 0 Å². The molecule has 17 heavy (non-hydrogen) atoms. The maximum atomic E-state index is 9.69. The number of phenolic OH excluding ortho intramolecular Hbond substituents is 4. The van der Waals surface area contributed by atoms with E-state index in [0.717, 1.165) is 0 Å². The van der Waals surface area contributed by atoms with Crippen LogP contribution >= 0.6 is 0 Å². The van der Waals surface area contributed by atoms with Gasteiger partial charge in [0, 0.05) is 16.8 Å². The lowest BCUT2D eigenvalue weighted by molar-refractivity contribution is 0.405. The lowest BCUT2D eigenvalue weighted by atomic mass is 10.1. The Kier molecular flexibility index (Phi) is 1.69. The van der Waals surface area contributed by atoms with Gasteiger partial charge in [-0.2, -0.15) is 0 Å². The fraction of sp³-hybridized carbons (Fsp3) is 0. The molecule has 0 aliphatic heterocycles. The van der Waals surface area contributed by atoms with Crippen LogP contribution in [0, 0.1) is 0 Å². The monoisotopic (exact) mass is 231 g/mol. The third kappa shape index (κ3) is 1.19. The van der Waals surface area contributed by atoms with Crippen LogP contribution in [-0.2, 0) is 0 Å². The van der Waals surface area contributed by atoms with Crippen molar-refractivity contribution in [3.63, 3.8) is 0 Å². The highest BCUT2D eigenvalue weighted by atomic mass is 16.3. The molecule has 0 spiro atoms. The molecule has 0 radical (unpaired) electrons. The minimum Gasteiger partial charge on any atom is -0.504 e. The number of hydrogen-bond acceptors (Lipinski definition) is 4. The van der Waals surface area contributed by atoms with Gasteiger partial charge in [-0.25, -0.2) is 0 Å². The SMILES string of the molecule is Oc1cc2[nH]c3c(O)c(O)ccc3c2cc1O. The molecule has 0 bridgehead atoms. The molecule has 0 unspecified atom stereocenters. The molecule has 86 valence electrons. The number of hydrogen-bond donors (Lipinski definition) is 5. The molecule has 5 nitrogen and oxygen atoms in total. The second kappa shape index (κ2) is 2.98. The van der Waals surface area contributed by atoms with E-state index in [1.165, 1.54) is 18.2 Å². The number of rotatable bonds is 0. The molecule has 0 atom stereocenters. The summed E-state index contributed by atoms with van der Waals surface area (Å²) in [5, 5.41) is 39.2. The minimum absolute atomic E-state index is 0.225. The fourth-order valence-electron chi connectivity index (χ4n) is 1.97. The molecule has 1 aromatic heterocycles. The van der Waals surface area contributed by atoms with Gasteiger partial charge < -0.3 is 25.4 Å². The smallest absolute Gasteiger partial charge is 0.182 e. The molecule has 0 fully saturated rings. The van der Waals surface area contributed by atoms with E-state index in [9.17, 15) is 20.4 Å². The van der Waals surface area contributed by atoms with Crippen LogP contribution < -0.4 is 0 Å². The summed E-state index contributed by atoms with van der Waals surface area (Å²) in [5.74, 6) is -0.950. The standard InChI is InChI=1S/C12H9NO4/c14-8-2-1-5-6-3-9(15)10(16)4-7(6)13-11(5)12(8)17/h1-4,13-17H. The van der Waals surface area contributed by atoms with E-state index < -0.39 is 0 Å².